The van der Waals surface area contributed by atoms with Crippen LogP contribution in [0.5, 0.6) is 5.75 Å². The second-order valence-electron chi connectivity index (χ2n) is 8.42. The zero-order chi connectivity index (χ0) is 20.3. The highest BCUT2D eigenvalue weighted by Crippen LogP contribution is 2.79. The van der Waals surface area contributed by atoms with Gasteiger partial charge in [0.2, 0.25) is 0 Å². The number of rotatable bonds is 2. The van der Waals surface area contributed by atoms with Crippen LogP contribution in [0, 0.1) is 50.7 Å². The molecule has 4 atom stereocenters. The fourth-order valence-electron chi connectivity index (χ4n) is 6.30. The van der Waals surface area contributed by atoms with Crippen molar-refractivity contribution in [3.05, 3.63) is 71.3 Å². The Balaban J connectivity index is 1.76. The van der Waals surface area contributed by atoms with Crippen molar-refractivity contribution >= 4 is 6.08 Å². The average molecular weight is 377 g/mol. The molecule has 0 aromatic heterocycles. The van der Waals surface area contributed by atoms with Gasteiger partial charge >= 0.3 is 0 Å². The average Bonchev–Trinajstić information content (AvgIpc) is 3.05. The van der Waals surface area contributed by atoms with Crippen molar-refractivity contribution in [2.45, 2.75) is 24.2 Å². The Kier molecular flexibility index (Phi) is 3.46. The van der Waals surface area contributed by atoms with E-state index >= 15 is 0 Å². The highest BCUT2D eigenvalue weighted by Gasteiger charge is 2.78. The van der Waals surface area contributed by atoms with E-state index in [1.165, 1.54) is 0 Å². The zero-order valence-electron chi connectivity index (χ0n) is 16.1. The number of hydrogen-bond acceptors (Lipinski definition) is 4. The van der Waals surface area contributed by atoms with Crippen LogP contribution in [0.25, 0.3) is 6.08 Å². The predicted molar refractivity (Wildman–Crippen MR) is 107 cm³/mol. The van der Waals surface area contributed by atoms with E-state index < -0.39 is 16.2 Å². The number of methoxy groups -OCH3 is 1. The fourth-order valence-corrected chi connectivity index (χ4v) is 6.30. The third kappa shape index (κ3) is 1.90. The lowest BCUT2D eigenvalue weighted by Gasteiger charge is -2.65. The summed E-state index contributed by atoms with van der Waals surface area (Å²) in [6.45, 7) is 0. The zero-order valence-corrected chi connectivity index (χ0v) is 16.1. The van der Waals surface area contributed by atoms with Crippen molar-refractivity contribution in [3.63, 3.8) is 0 Å². The monoisotopic (exact) mass is 377 g/mol. The van der Waals surface area contributed by atoms with Gasteiger partial charge < -0.3 is 4.74 Å². The van der Waals surface area contributed by atoms with Crippen molar-refractivity contribution in [1.82, 2.24) is 0 Å². The number of nitriles is 3. The van der Waals surface area contributed by atoms with E-state index in [9.17, 15) is 15.8 Å². The number of ether oxygens (including phenoxy) is 1. The third-order valence-electron chi connectivity index (χ3n) is 7.45. The maximum Gasteiger partial charge on any atom is 0.145 e. The molecule has 2 aromatic rings. The minimum atomic E-state index is -1.05. The smallest absolute Gasteiger partial charge is 0.145 e. The summed E-state index contributed by atoms with van der Waals surface area (Å²) in [7, 11) is 1.63. The van der Waals surface area contributed by atoms with E-state index in [1.54, 1.807) is 7.11 Å². The number of nitrogens with zero attached hydrogens (tertiary/aromatic N) is 3. The number of benzene rings is 2. The molecule has 29 heavy (non-hydrogen) atoms. The lowest BCUT2D eigenvalue weighted by molar-refractivity contribution is -0.0134. The van der Waals surface area contributed by atoms with E-state index in [0.717, 1.165) is 22.4 Å². The molecule has 0 amide bonds. The molecule has 2 fully saturated rings. The summed E-state index contributed by atoms with van der Waals surface area (Å²) in [6.07, 6.45) is 5.10. The van der Waals surface area contributed by atoms with E-state index in [-0.39, 0.29) is 11.8 Å². The Morgan fingerprint density at radius 2 is 1.69 bits per heavy atom. The molecule has 4 heteroatoms. The molecule has 0 saturated heterocycles. The molecule has 0 heterocycles. The molecule has 0 N–H and O–H groups in total. The summed E-state index contributed by atoms with van der Waals surface area (Å²) >= 11 is 0. The van der Waals surface area contributed by atoms with Gasteiger partial charge in [-0.05, 0) is 47.6 Å². The van der Waals surface area contributed by atoms with Gasteiger partial charge in [0.1, 0.15) is 11.2 Å². The Hall–Kier alpha value is -3.55. The summed E-state index contributed by atoms with van der Waals surface area (Å²) in [6, 6.07) is 23.2. The van der Waals surface area contributed by atoms with Crippen molar-refractivity contribution in [1.29, 1.82) is 15.8 Å². The largest absolute Gasteiger partial charge is 0.497 e. The van der Waals surface area contributed by atoms with Crippen LogP contribution in [0.1, 0.15) is 35.4 Å². The second-order valence-corrected chi connectivity index (χ2v) is 8.42. The van der Waals surface area contributed by atoms with Crippen LogP contribution in [-0.2, 0) is 5.41 Å². The van der Waals surface area contributed by atoms with Crippen LogP contribution < -0.4 is 4.74 Å². The summed E-state index contributed by atoms with van der Waals surface area (Å²) in [5, 5.41) is 30.3. The van der Waals surface area contributed by atoms with Gasteiger partial charge in [-0.25, -0.2) is 0 Å². The van der Waals surface area contributed by atoms with Gasteiger partial charge in [-0.1, -0.05) is 48.6 Å². The maximum absolute atomic E-state index is 10.6. The van der Waals surface area contributed by atoms with Crippen molar-refractivity contribution in [2.24, 2.45) is 16.7 Å². The Morgan fingerprint density at radius 1 is 0.966 bits per heavy atom. The van der Waals surface area contributed by atoms with Gasteiger partial charge in [-0.2, -0.15) is 15.8 Å². The molecule has 3 aliphatic carbocycles. The number of fused-ring (bicyclic) bond motifs is 2. The molecular formula is C25H19N3O. The van der Waals surface area contributed by atoms with Crippen LogP contribution in [0.15, 0.2) is 54.6 Å². The first-order chi connectivity index (χ1) is 14.1. The highest BCUT2D eigenvalue weighted by atomic mass is 16.5. The topological polar surface area (TPSA) is 80.6 Å². The Bertz CT molecular complexity index is 1150. The molecule has 2 aromatic carbocycles. The lowest BCUT2D eigenvalue weighted by Crippen LogP contribution is -2.64. The maximum atomic E-state index is 10.6. The van der Waals surface area contributed by atoms with Gasteiger partial charge in [-0.3, -0.25) is 0 Å². The first-order valence-corrected chi connectivity index (χ1v) is 9.76. The van der Waals surface area contributed by atoms with Crippen LogP contribution >= 0.6 is 0 Å². The molecule has 4 nitrogen and oxygen atoms in total. The molecule has 2 saturated carbocycles. The third-order valence-corrected chi connectivity index (χ3v) is 7.45. The molecule has 0 bridgehead atoms. The minimum Gasteiger partial charge on any atom is -0.497 e. The lowest BCUT2D eigenvalue weighted by atomic mass is 9.35. The quantitative estimate of drug-likeness (QED) is 0.759. The number of hydrogen-bond donors (Lipinski definition) is 0. The molecule has 0 aliphatic heterocycles. The Morgan fingerprint density at radius 3 is 2.34 bits per heavy atom. The van der Waals surface area contributed by atoms with E-state index in [2.05, 4.69) is 30.4 Å². The van der Waals surface area contributed by atoms with Crippen LogP contribution in [0.4, 0.5) is 0 Å². The predicted octanol–water partition coefficient (Wildman–Crippen LogP) is 4.71. The van der Waals surface area contributed by atoms with Crippen LogP contribution in [0.3, 0.4) is 0 Å². The molecule has 0 unspecified atom stereocenters. The molecule has 3 aliphatic rings. The molecule has 5 rings (SSSR count). The number of allylic oxidation sites excluding steroid dienone is 1. The molecule has 140 valence electrons. The molecule has 1 spiro atoms. The first kappa shape index (κ1) is 17.5. The minimum absolute atomic E-state index is 0.0689. The van der Waals surface area contributed by atoms with E-state index in [1.807, 2.05) is 48.5 Å². The standard InChI is InChI=1S/C25H19N3O/c1-29-19-8-6-18(7-9-19)22-21-12-23(14-26,15-27)13-24(21)11-10-17-4-2-3-5-20(17)25(22,24)16-28/h2-11,21-22H,12-13H2,1H3/t21-,22-,24-,25-/m0/s1. The SMILES string of the molecule is COc1ccc([C@H]2[C@@H]3CC(C#N)(C#N)C[C@@]34C=Cc3ccccc3[C@@]24C#N)cc1. The first-order valence-electron chi connectivity index (χ1n) is 9.76. The van der Waals surface area contributed by atoms with Crippen molar-refractivity contribution < 1.29 is 4.74 Å². The van der Waals surface area contributed by atoms with Gasteiger partial charge in [0.05, 0.1) is 30.7 Å². The van der Waals surface area contributed by atoms with Gasteiger partial charge in [0.25, 0.3) is 0 Å². The summed E-state index contributed by atoms with van der Waals surface area (Å²) < 4.78 is 5.31. The van der Waals surface area contributed by atoms with Crippen molar-refractivity contribution in [3.8, 4) is 24.0 Å². The Labute approximate surface area is 170 Å². The van der Waals surface area contributed by atoms with Crippen LogP contribution in [0.2, 0.25) is 0 Å². The normalized spacial score (nSPS) is 32.3. The van der Waals surface area contributed by atoms with E-state index in [4.69, 9.17) is 4.74 Å². The molecular weight excluding hydrogens is 358 g/mol. The van der Waals surface area contributed by atoms with Crippen LogP contribution in [-0.4, -0.2) is 7.11 Å². The van der Waals surface area contributed by atoms with E-state index in [0.29, 0.717) is 12.8 Å². The second kappa shape index (κ2) is 5.73. The van der Waals surface area contributed by atoms with Gasteiger partial charge in [0.15, 0.2) is 0 Å². The fraction of sp³-hybridized carbons (Fsp3) is 0.320. The summed E-state index contributed by atoms with van der Waals surface area (Å²) in [4.78, 5) is 0. The summed E-state index contributed by atoms with van der Waals surface area (Å²) in [5.74, 6) is 0.761. The van der Waals surface area contributed by atoms with Gasteiger partial charge in [-0.15, -0.1) is 0 Å². The molecule has 0 radical (unpaired) electrons. The summed E-state index contributed by atoms with van der Waals surface area (Å²) in [5.41, 5.74) is 0.783. The highest BCUT2D eigenvalue weighted by molar-refractivity contribution is 5.70. The van der Waals surface area contributed by atoms with Crippen molar-refractivity contribution in [2.75, 3.05) is 7.11 Å². The van der Waals surface area contributed by atoms with Gasteiger partial charge in [0, 0.05) is 11.3 Å².